The first-order valence-electron chi connectivity index (χ1n) is 9.78. The molecule has 2 aromatic carbocycles. The molecule has 0 aliphatic rings. The van der Waals surface area contributed by atoms with Crippen LogP contribution < -0.4 is 10.6 Å². The zero-order valence-corrected chi connectivity index (χ0v) is 17.2. The van der Waals surface area contributed by atoms with Crippen LogP contribution >= 0.6 is 0 Å². The normalized spacial score (nSPS) is 11.5. The minimum absolute atomic E-state index is 0.533. The predicted octanol–water partition coefficient (Wildman–Crippen LogP) is 4.05. The van der Waals surface area contributed by atoms with Gasteiger partial charge in [0.05, 0.1) is 25.4 Å². The summed E-state index contributed by atoms with van der Waals surface area (Å²) in [4.78, 5) is 9.24. The van der Waals surface area contributed by atoms with Gasteiger partial charge in [0, 0.05) is 19.2 Å². The maximum Gasteiger partial charge on any atom is 0.226 e. The molecule has 3 rings (SSSR count). The maximum absolute atomic E-state index is 5.63. The summed E-state index contributed by atoms with van der Waals surface area (Å²) < 4.78 is 10.8. The molecule has 0 fully saturated rings. The lowest BCUT2D eigenvalue weighted by Crippen LogP contribution is -2.36. The average molecular weight is 393 g/mol. The van der Waals surface area contributed by atoms with Crippen LogP contribution in [0.15, 0.2) is 64.2 Å². The first kappa shape index (κ1) is 20.6. The lowest BCUT2D eigenvalue weighted by Gasteiger charge is -2.10. The molecule has 0 saturated carbocycles. The van der Waals surface area contributed by atoms with Gasteiger partial charge >= 0.3 is 0 Å². The van der Waals surface area contributed by atoms with Crippen LogP contribution in [0.2, 0.25) is 0 Å². The number of rotatable bonds is 8. The Hall–Kier alpha value is -3.12. The smallest absolute Gasteiger partial charge is 0.226 e. The summed E-state index contributed by atoms with van der Waals surface area (Å²) in [5.74, 6) is 1.36. The molecular weight excluding hydrogens is 364 g/mol. The number of nitrogens with one attached hydrogen (secondary N) is 2. The number of nitrogens with zero attached hydrogens (tertiary/aromatic N) is 2. The molecule has 152 valence electrons. The fourth-order valence-electron chi connectivity index (χ4n) is 2.89. The van der Waals surface area contributed by atoms with E-state index in [1.54, 1.807) is 13.4 Å². The van der Waals surface area contributed by atoms with Crippen LogP contribution in [-0.4, -0.2) is 24.6 Å². The molecule has 0 saturated heterocycles. The fourth-order valence-corrected chi connectivity index (χ4v) is 2.89. The van der Waals surface area contributed by atoms with E-state index >= 15 is 0 Å². The van der Waals surface area contributed by atoms with Gasteiger partial charge in [0.2, 0.25) is 5.89 Å². The standard InChI is InChI=1S/C23H28N4O2/c1-4-24-23(25-13-18-6-5-7-19(12-18)15-28-3)26-14-21-16-29-22(27-21)20-10-8-17(2)9-11-20/h5-12,16H,4,13-15H2,1-3H3,(H2,24,25,26). The van der Waals surface area contributed by atoms with Crippen LogP contribution in [-0.2, 0) is 24.4 Å². The molecule has 2 N–H and O–H groups in total. The van der Waals surface area contributed by atoms with E-state index < -0.39 is 0 Å². The van der Waals surface area contributed by atoms with Gasteiger partial charge in [0.25, 0.3) is 0 Å². The van der Waals surface area contributed by atoms with Gasteiger partial charge < -0.3 is 19.8 Å². The molecule has 3 aromatic rings. The Bertz CT molecular complexity index is 932. The highest BCUT2D eigenvalue weighted by molar-refractivity contribution is 5.79. The predicted molar refractivity (Wildman–Crippen MR) is 115 cm³/mol. The van der Waals surface area contributed by atoms with Crippen molar-refractivity contribution in [2.75, 3.05) is 13.7 Å². The zero-order valence-electron chi connectivity index (χ0n) is 17.2. The summed E-state index contributed by atoms with van der Waals surface area (Å²) in [6, 6.07) is 16.4. The molecule has 0 bridgehead atoms. The molecule has 1 aromatic heterocycles. The number of hydrogen-bond acceptors (Lipinski definition) is 4. The highest BCUT2D eigenvalue weighted by Gasteiger charge is 2.07. The number of oxazole rings is 1. The van der Waals surface area contributed by atoms with Gasteiger partial charge in [-0.25, -0.2) is 9.98 Å². The van der Waals surface area contributed by atoms with Crippen molar-refractivity contribution >= 4 is 5.96 Å². The number of methoxy groups -OCH3 is 1. The molecule has 0 unspecified atom stereocenters. The van der Waals surface area contributed by atoms with Crippen molar-refractivity contribution in [1.82, 2.24) is 15.6 Å². The van der Waals surface area contributed by atoms with E-state index in [1.165, 1.54) is 5.56 Å². The van der Waals surface area contributed by atoms with E-state index in [2.05, 4.69) is 57.9 Å². The Morgan fingerprint density at radius 1 is 1.10 bits per heavy atom. The van der Waals surface area contributed by atoms with E-state index in [0.29, 0.717) is 25.6 Å². The van der Waals surface area contributed by atoms with E-state index in [-0.39, 0.29) is 0 Å². The van der Waals surface area contributed by atoms with Crippen LogP contribution in [0, 0.1) is 6.92 Å². The fraction of sp³-hybridized carbons (Fsp3) is 0.304. The summed E-state index contributed by atoms with van der Waals surface area (Å²) in [5, 5.41) is 6.58. The summed E-state index contributed by atoms with van der Waals surface area (Å²) in [6.45, 7) is 6.60. The second-order valence-electron chi connectivity index (χ2n) is 6.81. The minimum Gasteiger partial charge on any atom is -0.444 e. The Morgan fingerprint density at radius 2 is 1.90 bits per heavy atom. The van der Waals surface area contributed by atoms with Crippen molar-refractivity contribution in [3.63, 3.8) is 0 Å². The highest BCUT2D eigenvalue weighted by Crippen LogP contribution is 2.19. The van der Waals surface area contributed by atoms with E-state index in [4.69, 9.17) is 9.15 Å². The van der Waals surface area contributed by atoms with Crippen molar-refractivity contribution in [3.8, 4) is 11.5 Å². The van der Waals surface area contributed by atoms with Crippen molar-refractivity contribution in [1.29, 1.82) is 0 Å². The van der Waals surface area contributed by atoms with Crippen molar-refractivity contribution in [3.05, 3.63) is 77.2 Å². The molecule has 6 heteroatoms. The Labute approximate surface area is 172 Å². The molecule has 6 nitrogen and oxygen atoms in total. The number of hydrogen-bond donors (Lipinski definition) is 2. The molecule has 0 amide bonds. The lowest BCUT2D eigenvalue weighted by atomic mass is 10.1. The lowest BCUT2D eigenvalue weighted by molar-refractivity contribution is 0.185. The van der Waals surface area contributed by atoms with Gasteiger partial charge in [-0.15, -0.1) is 0 Å². The quantitative estimate of drug-likeness (QED) is 0.447. The molecule has 0 aliphatic heterocycles. The second kappa shape index (κ2) is 10.4. The summed E-state index contributed by atoms with van der Waals surface area (Å²) in [7, 11) is 1.70. The number of benzene rings is 2. The first-order valence-corrected chi connectivity index (χ1v) is 9.78. The van der Waals surface area contributed by atoms with Crippen molar-refractivity contribution in [2.24, 2.45) is 4.99 Å². The van der Waals surface area contributed by atoms with Gasteiger partial charge in [0.15, 0.2) is 5.96 Å². The SMILES string of the molecule is CCNC(=NCc1cccc(COC)c1)NCc1coc(-c2ccc(C)cc2)n1. The molecular formula is C23H28N4O2. The third-order valence-electron chi connectivity index (χ3n) is 4.35. The average Bonchev–Trinajstić information content (AvgIpc) is 3.20. The van der Waals surface area contributed by atoms with Gasteiger partial charge in [-0.05, 0) is 37.1 Å². The van der Waals surface area contributed by atoms with Gasteiger partial charge in [0.1, 0.15) is 6.26 Å². The summed E-state index contributed by atoms with van der Waals surface area (Å²) in [5.41, 5.74) is 5.29. The molecule has 0 spiro atoms. The van der Waals surface area contributed by atoms with Gasteiger partial charge in [-0.3, -0.25) is 0 Å². The Morgan fingerprint density at radius 3 is 2.66 bits per heavy atom. The number of guanidine groups is 1. The summed E-state index contributed by atoms with van der Waals surface area (Å²) in [6.07, 6.45) is 1.68. The highest BCUT2D eigenvalue weighted by atomic mass is 16.5. The number of aliphatic imine (C=N–C) groups is 1. The largest absolute Gasteiger partial charge is 0.444 e. The van der Waals surface area contributed by atoms with E-state index in [9.17, 15) is 0 Å². The number of aromatic nitrogens is 1. The summed E-state index contributed by atoms with van der Waals surface area (Å²) >= 11 is 0. The molecule has 0 radical (unpaired) electrons. The maximum atomic E-state index is 5.63. The van der Waals surface area contributed by atoms with Crippen LogP contribution in [0.3, 0.4) is 0 Å². The Kier molecular flexibility index (Phi) is 7.41. The minimum atomic E-state index is 0.533. The zero-order chi connectivity index (χ0) is 20.5. The molecule has 29 heavy (non-hydrogen) atoms. The van der Waals surface area contributed by atoms with Crippen molar-refractivity contribution in [2.45, 2.75) is 33.5 Å². The third kappa shape index (κ3) is 6.19. The molecule has 0 atom stereocenters. The van der Waals surface area contributed by atoms with Crippen LogP contribution in [0.4, 0.5) is 0 Å². The van der Waals surface area contributed by atoms with Crippen LogP contribution in [0.25, 0.3) is 11.5 Å². The molecule has 0 aliphatic carbocycles. The van der Waals surface area contributed by atoms with Crippen LogP contribution in [0.5, 0.6) is 0 Å². The number of aryl methyl sites for hydroxylation is 1. The van der Waals surface area contributed by atoms with Crippen molar-refractivity contribution < 1.29 is 9.15 Å². The first-order chi connectivity index (χ1) is 14.2. The van der Waals surface area contributed by atoms with Crippen LogP contribution in [0.1, 0.15) is 29.3 Å². The molecule has 1 heterocycles. The van der Waals surface area contributed by atoms with E-state index in [1.807, 2.05) is 25.1 Å². The van der Waals surface area contributed by atoms with Gasteiger partial charge in [-0.1, -0.05) is 42.0 Å². The monoisotopic (exact) mass is 392 g/mol. The van der Waals surface area contributed by atoms with E-state index in [0.717, 1.165) is 34.9 Å². The second-order valence-corrected chi connectivity index (χ2v) is 6.81. The topological polar surface area (TPSA) is 71.7 Å². The Balaban J connectivity index is 1.61. The number of ether oxygens (including phenoxy) is 1. The van der Waals surface area contributed by atoms with Gasteiger partial charge in [-0.2, -0.15) is 0 Å². The third-order valence-corrected chi connectivity index (χ3v) is 4.35.